The van der Waals surface area contributed by atoms with Gasteiger partial charge in [0.25, 0.3) is 0 Å². The Hall–Kier alpha value is -2.76. The Kier molecular flexibility index (Phi) is 7.92. The highest BCUT2D eigenvalue weighted by Crippen LogP contribution is 2.30. The van der Waals surface area contributed by atoms with Crippen LogP contribution in [-0.2, 0) is 6.54 Å². The Bertz CT molecular complexity index is 765. The number of rotatable bonds is 8. The minimum Gasteiger partial charge on any atom is -0.490 e. The van der Waals surface area contributed by atoms with Gasteiger partial charge in [-0.15, -0.1) is 0 Å². The molecule has 2 aromatic rings. The fourth-order valence-corrected chi connectivity index (χ4v) is 2.65. The molecule has 0 aliphatic heterocycles. The van der Waals surface area contributed by atoms with Crippen LogP contribution < -0.4 is 20.1 Å². The van der Waals surface area contributed by atoms with Crippen LogP contribution in [0.25, 0.3) is 0 Å². The maximum atomic E-state index is 13.3. The number of nitrogens with one attached hydrogen (secondary N) is 2. The van der Waals surface area contributed by atoms with Crippen LogP contribution in [0.1, 0.15) is 37.9 Å². The van der Waals surface area contributed by atoms with Gasteiger partial charge in [-0.05, 0) is 56.2 Å². The largest absolute Gasteiger partial charge is 0.490 e. The van der Waals surface area contributed by atoms with Gasteiger partial charge in [-0.1, -0.05) is 18.2 Å². The average Bonchev–Trinajstić information content (AvgIpc) is 2.66. The average molecular weight is 373 g/mol. The van der Waals surface area contributed by atoms with Crippen molar-refractivity contribution >= 4 is 5.96 Å². The van der Waals surface area contributed by atoms with Gasteiger partial charge in [0, 0.05) is 13.6 Å². The first-order valence-corrected chi connectivity index (χ1v) is 9.18. The molecule has 0 spiro atoms. The molecule has 0 aromatic heterocycles. The zero-order valence-electron chi connectivity index (χ0n) is 16.4. The highest BCUT2D eigenvalue weighted by molar-refractivity contribution is 5.80. The molecular formula is C21H28FN3O2. The van der Waals surface area contributed by atoms with E-state index in [9.17, 15) is 4.39 Å². The molecule has 0 bridgehead atoms. The molecule has 0 amide bonds. The maximum absolute atomic E-state index is 13.3. The molecule has 0 saturated carbocycles. The Labute approximate surface area is 160 Å². The van der Waals surface area contributed by atoms with Crippen LogP contribution in [0.3, 0.4) is 0 Å². The summed E-state index contributed by atoms with van der Waals surface area (Å²) in [6.45, 7) is 7.58. The summed E-state index contributed by atoms with van der Waals surface area (Å²) in [6.07, 6.45) is 0. The number of ether oxygens (including phenoxy) is 2. The summed E-state index contributed by atoms with van der Waals surface area (Å²) < 4.78 is 24.6. The third-order valence-electron chi connectivity index (χ3n) is 3.99. The van der Waals surface area contributed by atoms with E-state index in [1.807, 2.05) is 45.0 Å². The van der Waals surface area contributed by atoms with Crippen molar-refractivity contribution in [1.29, 1.82) is 0 Å². The van der Waals surface area contributed by atoms with Gasteiger partial charge in [0.05, 0.1) is 19.3 Å². The van der Waals surface area contributed by atoms with Crippen molar-refractivity contribution < 1.29 is 13.9 Å². The van der Waals surface area contributed by atoms with Crippen LogP contribution in [0.2, 0.25) is 0 Å². The van der Waals surface area contributed by atoms with E-state index in [0.717, 1.165) is 22.6 Å². The molecule has 0 heterocycles. The van der Waals surface area contributed by atoms with Crippen LogP contribution in [0.4, 0.5) is 4.39 Å². The Morgan fingerprint density at radius 2 is 1.81 bits per heavy atom. The minimum atomic E-state index is -0.247. The molecule has 1 unspecified atom stereocenters. The van der Waals surface area contributed by atoms with E-state index in [1.54, 1.807) is 13.1 Å². The van der Waals surface area contributed by atoms with Crippen molar-refractivity contribution in [2.75, 3.05) is 20.3 Å². The second-order valence-corrected chi connectivity index (χ2v) is 5.99. The Balaban J connectivity index is 2.03. The first-order chi connectivity index (χ1) is 13.1. The number of halogens is 1. The number of hydrogen-bond donors (Lipinski definition) is 2. The lowest BCUT2D eigenvalue weighted by Crippen LogP contribution is -2.38. The molecule has 0 aliphatic rings. The molecule has 6 heteroatoms. The number of nitrogens with zero attached hydrogens (tertiary/aromatic N) is 1. The normalized spacial score (nSPS) is 12.4. The summed E-state index contributed by atoms with van der Waals surface area (Å²) in [5, 5.41) is 6.54. The second kappa shape index (κ2) is 10.4. The molecule has 2 N–H and O–H groups in total. The first kappa shape index (κ1) is 20.6. The SMILES string of the molecule is CCOc1ccc(C(C)NC(=NC)NCc2cccc(F)c2)cc1OCC. The zero-order valence-corrected chi connectivity index (χ0v) is 16.4. The smallest absolute Gasteiger partial charge is 0.191 e. The molecule has 0 saturated heterocycles. The van der Waals surface area contributed by atoms with Gasteiger partial charge in [0.15, 0.2) is 17.5 Å². The lowest BCUT2D eigenvalue weighted by atomic mass is 10.1. The Morgan fingerprint density at radius 1 is 1.07 bits per heavy atom. The topological polar surface area (TPSA) is 54.9 Å². The van der Waals surface area contributed by atoms with Crippen molar-refractivity contribution in [3.05, 3.63) is 59.4 Å². The van der Waals surface area contributed by atoms with Gasteiger partial charge in [0.2, 0.25) is 0 Å². The van der Waals surface area contributed by atoms with Crippen molar-refractivity contribution in [3.8, 4) is 11.5 Å². The molecule has 0 radical (unpaired) electrons. The van der Waals surface area contributed by atoms with E-state index in [4.69, 9.17) is 9.47 Å². The number of benzene rings is 2. The lowest BCUT2D eigenvalue weighted by Gasteiger charge is -2.20. The van der Waals surface area contributed by atoms with Crippen LogP contribution in [0.5, 0.6) is 11.5 Å². The van der Waals surface area contributed by atoms with Crippen molar-refractivity contribution in [1.82, 2.24) is 10.6 Å². The highest BCUT2D eigenvalue weighted by Gasteiger charge is 2.12. The molecule has 2 aromatic carbocycles. The van der Waals surface area contributed by atoms with Crippen molar-refractivity contribution in [2.45, 2.75) is 33.4 Å². The van der Waals surface area contributed by atoms with Gasteiger partial charge < -0.3 is 20.1 Å². The van der Waals surface area contributed by atoms with Crippen LogP contribution >= 0.6 is 0 Å². The highest BCUT2D eigenvalue weighted by atomic mass is 19.1. The third kappa shape index (κ3) is 6.16. The molecule has 0 fully saturated rings. The van der Waals surface area contributed by atoms with E-state index in [0.29, 0.717) is 25.7 Å². The summed E-state index contributed by atoms with van der Waals surface area (Å²) in [5.74, 6) is 1.86. The summed E-state index contributed by atoms with van der Waals surface area (Å²) in [6, 6.07) is 12.4. The van der Waals surface area contributed by atoms with E-state index in [1.165, 1.54) is 12.1 Å². The van der Waals surface area contributed by atoms with Crippen molar-refractivity contribution in [3.63, 3.8) is 0 Å². The molecular weight excluding hydrogens is 345 g/mol. The summed E-state index contributed by atoms with van der Waals surface area (Å²) >= 11 is 0. The van der Waals surface area contributed by atoms with E-state index < -0.39 is 0 Å². The van der Waals surface area contributed by atoms with Crippen LogP contribution in [0, 0.1) is 5.82 Å². The fraction of sp³-hybridized carbons (Fsp3) is 0.381. The molecule has 1 atom stereocenters. The van der Waals surface area contributed by atoms with Gasteiger partial charge in [0.1, 0.15) is 5.82 Å². The minimum absolute atomic E-state index is 0.00130. The standard InChI is InChI=1S/C21H28FN3O2/c1-5-26-19-11-10-17(13-20(19)27-6-2)15(3)25-21(23-4)24-14-16-8-7-9-18(22)12-16/h7-13,15H,5-6,14H2,1-4H3,(H2,23,24,25). The lowest BCUT2D eigenvalue weighted by molar-refractivity contribution is 0.287. The summed E-state index contributed by atoms with van der Waals surface area (Å²) in [5.41, 5.74) is 1.90. The van der Waals surface area contributed by atoms with Gasteiger partial charge in [-0.2, -0.15) is 0 Å². The van der Waals surface area contributed by atoms with E-state index in [2.05, 4.69) is 15.6 Å². The monoisotopic (exact) mass is 373 g/mol. The summed E-state index contributed by atoms with van der Waals surface area (Å²) in [4.78, 5) is 4.24. The molecule has 5 nitrogen and oxygen atoms in total. The predicted octanol–water partition coefficient (Wildman–Crippen LogP) is 4.05. The quantitative estimate of drug-likeness (QED) is 0.541. The third-order valence-corrected chi connectivity index (χ3v) is 3.99. The summed E-state index contributed by atoms with van der Waals surface area (Å²) in [7, 11) is 1.71. The van der Waals surface area contributed by atoms with Gasteiger partial charge >= 0.3 is 0 Å². The van der Waals surface area contributed by atoms with E-state index >= 15 is 0 Å². The predicted molar refractivity (Wildman–Crippen MR) is 107 cm³/mol. The Morgan fingerprint density at radius 3 is 2.48 bits per heavy atom. The molecule has 27 heavy (non-hydrogen) atoms. The second-order valence-electron chi connectivity index (χ2n) is 5.99. The number of aliphatic imine (C=N–C) groups is 1. The molecule has 2 rings (SSSR count). The van der Waals surface area contributed by atoms with Crippen LogP contribution in [-0.4, -0.2) is 26.2 Å². The molecule has 146 valence electrons. The van der Waals surface area contributed by atoms with Crippen molar-refractivity contribution in [2.24, 2.45) is 4.99 Å². The zero-order chi connectivity index (χ0) is 19.6. The first-order valence-electron chi connectivity index (χ1n) is 9.18. The van der Waals surface area contributed by atoms with E-state index in [-0.39, 0.29) is 11.9 Å². The molecule has 0 aliphatic carbocycles. The van der Waals surface area contributed by atoms with Gasteiger partial charge in [-0.3, -0.25) is 4.99 Å². The number of guanidine groups is 1. The van der Waals surface area contributed by atoms with Gasteiger partial charge in [-0.25, -0.2) is 4.39 Å². The van der Waals surface area contributed by atoms with Crippen LogP contribution in [0.15, 0.2) is 47.5 Å². The fourth-order valence-electron chi connectivity index (χ4n) is 2.65. The maximum Gasteiger partial charge on any atom is 0.191 e. The number of hydrogen-bond acceptors (Lipinski definition) is 3.